The van der Waals surface area contributed by atoms with Crippen molar-refractivity contribution in [3.63, 3.8) is 0 Å². The summed E-state index contributed by atoms with van der Waals surface area (Å²) in [4.78, 5) is 1.64. The third kappa shape index (κ3) is 4.26. The number of rotatable bonds is 6. The molecule has 0 saturated carbocycles. The maximum atomic E-state index is 13.5. The molecule has 0 bridgehead atoms. The Balaban J connectivity index is 2.84. The molecule has 0 saturated heterocycles. The zero-order chi connectivity index (χ0) is 14.6. The summed E-state index contributed by atoms with van der Waals surface area (Å²) < 4.78 is 40.0. The molecule has 1 aromatic rings. The first-order chi connectivity index (χ1) is 8.75. The Bertz CT molecular complexity index is 507. The van der Waals surface area contributed by atoms with Crippen LogP contribution in [0.2, 0.25) is 0 Å². The lowest BCUT2D eigenvalue weighted by Crippen LogP contribution is -2.43. The summed E-state index contributed by atoms with van der Waals surface area (Å²) in [6.45, 7) is 4.28. The van der Waals surface area contributed by atoms with Crippen molar-refractivity contribution in [1.29, 1.82) is 0 Å². The normalized spacial score (nSPS) is 14.1. The van der Waals surface area contributed by atoms with Gasteiger partial charge in [-0.2, -0.15) is 0 Å². The Hall–Kier alpha value is -0.980. The molecule has 0 spiro atoms. The first kappa shape index (κ1) is 16.1. The fourth-order valence-electron chi connectivity index (χ4n) is 1.95. The summed E-state index contributed by atoms with van der Waals surface area (Å²) >= 11 is 0. The van der Waals surface area contributed by atoms with Gasteiger partial charge in [0.1, 0.15) is 10.7 Å². The molecule has 0 heterocycles. The first-order valence-electron chi connectivity index (χ1n) is 6.16. The van der Waals surface area contributed by atoms with E-state index in [0.29, 0.717) is 5.92 Å². The fourth-order valence-corrected chi connectivity index (χ4v) is 3.08. The van der Waals surface area contributed by atoms with Crippen molar-refractivity contribution in [3.8, 4) is 0 Å². The van der Waals surface area contributed by atoms with Crippen LogP contribution < -0.4 is 4.72 Å². The van der Waals surface area contributed by atoms with Gasteiger partial charge in [-0.1, -0.05) is 26.0 Å². The maximum Gasteiger partial charge on any atom is 0.243 e. The van der Waals surface area contributed by atoms with Gasteiger partial charge in [0, 0.05) is 12.6 Å². The lowest BCUT2D eigenvalue weighted by atomic mass is 10.0. The van der Waals surface area contributed by atoms with E-state index in [9.17, 15) is 12.8 Å². The van der Waals surface area contributed by atoms with Crippen LogP contribution in [0.1, 0.15) is 13.8 Å². The molecule has 1 aromatic carbocycles. The Kier molecular flexibility index (Phi) is 5.46. The van der Waals surface area contributed by atoms with Crippen LogP contribution in [0.25, 0.3) is 0 Å². The highest BCUT2D eigenvalue weighted by atomic mass is 32.2. The zero-order valence-electron chi connectivity index (χ0n) is 11.7. The minimum absolute atomic E-state index is 0.0570. The highest BCUT2D eigenvalue weighted by molar-refractivity contribution is 7.89. The standard InChI is InChI=1S/C13H21FN2O2S/c1-10(2)12(16(3)4)9-15-19(17,18)13-8-6-5-7-11(13)14/h5-8,10,12,15H,9H2,1-4H3. The van der Waals surface area contributed by atoms with Gasteiger partial charge in [-0.15, -0.1) is 0 Å². The number of halogens is 1. The predicted molar refractivity (Wildman–Crippen MR) is 73.9 cm³/mol. The van der Waals surface area contributed by atoms with E-state index in [1.54, 1.807) is 0 Å². The number of sulfonamides is 1. The van der Waals surface area contributed by atoms with Crippen LogP contribution in [0, 0.1) is 11.7 Å². The summed E-state index contributed by atoms with van der Waals surface area (Å²) in [5, 5.41) is 0. The maximum absolute atomic E-state index is 13.5. The summed E-state index contributed by atoms with van der Waals surface area (Å²) in [5.41, 5.74) is 0. The van der Waals surface area contributed by atoms with Gasteiger partial charge in [-0.05, 0) is 32.1 Å². The molecule has 0 aliphatic heterocycles. The topological polar surface area (TPSA) is 49.4 Å². The van der Waals surface area contributed by atoms with Crippen molar-refractivity contribution in [1.82, 2.24) is 9.62 Å². The van der Waals surface area contributed by atoms with E-state index in [1.165, 1.54) is 18.2 Å². The average Bonchev–Trinajstić information content (AvgIpc) is 2.28. The molecule has 1 N–H and O–H groups in total. The molecular formula is C13H21FN2O2S. The number of hydrogen-bond acceptors (Lipinski definition) is 3. The molecule has 19 heavy (non-hydrogen) atoms. The van der Waals surface area contributed by atoms with Gasteiger partial charge in [0.05, 0.1) is 0 Å². The van der Waals surface area contributed by atoms with Crippen molar-refractivity contribution in [2.75, 3.05) is 20.6 Å². The third-order valence-electron chi connectivity index (χ3n) is 3.04. The number of benzene rings is 1. The van der Waals surface area contributed by atoms with Gasteiger partial charge < -0.3 is 4.90 Å². The van der Waals surface area contributed by atoms with E-state index in [-0.39, 0.29) is 17.5 Å². The Morgan fingerprint density at radius 3 is 2.32 bits per heavy atom. The van der Waals surface area contributed by atoms with Crippen LogP contribution in [-0.2, 0) is 10.0 Å². The molecule has 1 unspecified atom stereocenters. The molecule has 0 aromatic heterocycles. The first-order valence-corrected chi connectivity index (χ1v) is 7.64. The Labute approximate surface area is 114 Å². The van der Waals surface area contributed by atoms with Crippen LogP contribution in [-0.4, -0.2) is 40.0 Å². The molecule has 108 valence electrons. The summed E-state index contributed by atoms with van der Waals surface area (Å²) in [5.74, 6) is -0.445. The minimum atomic E-state index is -3.80. The summed E-state index contributed by atoms with van der Waals surface area (Å²) in [6.07, 6.45) is 0. The second-order valence-electron chi connectivity index (χ2n) is 5.06. The quantitative estimate of drug-likeness (QED) is 0.866. The largest absolute Gasteiger partial charge is 0.305 e. The van der Waals surface area contributed by atoms with Gasteiger partial charge in [-0.25, -0.2) is 17.5 Å². The predicted octanol–water partition coefficient (Wildman–Crippen LogP) is 1.69. The van der Waals surface area contributed by atoms with Crippen LogP contribution in [0.3, 0.4) is 0 Å². The van der Waals surface area contributed by atoms with E-state index in [0.717, 1.165) is 6.07 Å². The Morgan fingerprint density at radius 1 is 1.26 bits per heavy atom. The average molecular weight is 288 g/mol. The van der Waals surface area contributed by atoms with E-state index in [1.807, 2.05) is 32.8 Å². The van der Waals surface area contributed by atoms with Crippen LogP contribution in [0.5, 0.6) is 0 Å². The molecule has 1 rings (SSSR count). The van der Waals surface area contributed by atoms with Crippen molar-refractivity contribution in [3.05, 3.63) is 30.1 Å². The van der Waals surface area contributed by atoms with Crippen LogP contribution >= 0.6 is 0 Å². The molecular weight excluding hydrogens is 267 g/mol. The van der Waals surface area contributed by atoms with Gasteiger partial charge in [0.25, 0.3) is 0 Å². The van der Waals surface area contributed by atoms with E-state index >= 15 is 0 Å². The van der Waals surface area contributed by atoms with Crippen molar-refractivity contribution in [2.45, 2.75) is 24.8 Å². The molecule has 0 aliphatic carbocycles. The lowest BCUT2D eigenvalue weighted by molar-refractivity contribution is 0.233. The van der Waals surface area contributed by atoms with Crippen molar-refractivity contribution in [2.24, 2.45) is 5.92 Å². The zero-order valence-corrected chi connectivity index (χ0v) is 12.5. The SMILES string of the molecule is CC(C)C(CNS(=O)(=O)c1ccccc1F)N(C)C. The van der Waals surface area contributed by atoms with Gasteiger partial charge >= 0.3 is 0 Å². The highest BCUT2D eigenvalue weighted by Gasteiger charge is 2.22. The van der Waals surface area contributed by atoms with Gasteiger partial charge in [0.15, 0.2) is 0 Å². The molecule has 6 heteroatoms. The van der Waals surface area contributed by atoms with Crippen LogP contribution in [0.4, 0.5) is 4.39 Å². The number of hydrogen-bond donors (Lipinski definition) is 1. The van der Waals surface area contributed by atoms with Crippen molar-refractivity contribution >= 4 is 10.0 Å². The lowest BCUT2D eigenvalue weighted by Gasteiger charge is -2.28. The van der Waals surface area contributed by atoms with E-state index in [2.05, 4.69) is 4.72 Å². The second kappa shape index (κ2) is 6.45. The van der Waals surface area contributed by atoms with Gasteiger partial charge in [0.2, 0.25) is 10.0 Å². The summed E-state index contributed by atoms with van der Waals surface area (Å²) in [7, 11) is -0.0228. The molecule has 0 aliphatic rings. The van der Waals surface area contributed by atoms with Crippen LogP contribution in [0.15, 0.2) is 29.2 Å². The van der Waals surface area contributed by atoms with Gasteiger partial charge in [-0.3, -0.25) is 0 Å². The number of likely N-dealkylation sites (N-methyl/N-ethyl adjacent to an activating group) is 1. The van der Waals surface area contributed by atoms with E-state index in [4.69, 9.17) is 0 Å². The minimum Gasteiger partial charge on any atom is -0.305 e. The summed E-state index contributed by atoms with van der Waals surface area (Å²) in [6, 6.07) is 5.42. The monoisotopic (exact) mass is 288 g/mol. The second-order valence-corrected chi connectivity index (χ2v) is 6.79. The Morgan fingerprint density at radius 2 is 1.84 bits per heavy atom. The molecule has 4 nitrogen and oxygen atoms in total. The fraction of sp³-hybridized carbons (Fsp3) is 0.538. The van der Waals surface area contributed by atoms with E-state index < -0.39 is 15.8 Å². The molecule has 0 fully saturated rings. The smallest absolute Gasteiger partial charge is 0.243 e. The number of nitrogens with one attached hydrogen (secondary N) is 1. The third-order valence-corrected chi connectivity index (χ3v) is 4.50. The molecule has 0 amide bonds. The molecule has 0 radical (unpaired) electrons. The molecule has 1 atom stereocenters. The highest BCUT2D eigenvalue weighted by Crippen LogP contribution is 2.14. The number of nitrogens with zero attached hydrogens (tertiary/aromatic N) is 1. The van der Waals surface area contributed by atoms with Crippen molar-refractivity contribution < 1.29 is 12.8 Å².